The predicted molar refractivity (Wildman–Crippen MR) is 107 cm³/mol. The molecular weight excluding hydrogens is 338 g/mol. The Morgan fingerprint density at radius 3 is 2.48 bits per heavy atom. The van der Waals surface area contributed by atoms with E-state index < -0.39 is 5.91 Å². The number of fused-ring (bicyclic) bond motifs is 1. The van der Waals surface area contributed by atoms with Crippen LogP contribution in [0.25, 0.3) is 17.0 Å². The Morgan fingerprint density at radius 1 is 1.04 bits per heavy atom. The van der Waals surface area contributed by atoms with Crippen molar-refractivity contribution in [3.63, 3.8) is 0 Å². The zero-order valence-corrected chi connectivity index (χ0v) is 15.0. The second kappa shape index (κ2) is 6.61. The number of hydrogen-bond donors (Lipinski definition) is 1. The summed E-state index contributed by atoms with van der Waals surface area (Å²) in [6.07, 6.45) is 3.53. The largest absolute Gasteiger partial charge is 0.340 e. The number of anilines is 1. The molecule has 0 saturated carbocycles. The van der Waals surface area contributed by atoms with Crippen molar-refractivity contribution >= 4 is 34.5 Å². The number of carbonyl (C=O) groups excluding carboxylic acids is 2. The average Bonchev–Trinajstić information content (AvgIpc) is 3.12. The molecular formula is C22H19N3O2. The average molecular weight is 357 g/mol. The fraction of sp³-hybridized carbons (Fsp3) is 0.0909. The molecule has 2 amide bonds. The van der Waals surface area contributed by atoms with Gasteiger partial charge in [-0.1, -0.05) is 42.5 Å². The van der Waals surface area contributed by atoms with Gasteiger partial charge in [-0.15, -0.1) is 6.58 Å². The normalized spacial score (nSPS) is 15.6. The molecule has 0 aliphatic carbocycles. The summed E-state index contributed by atoms with van der Waals surface area (Å²) in [6.45, 7) is 6.47. The molecule has 1 saturated heterocycles. The van der Waals surface area contributed by atoms with Gasteiger partial charge < -0.3 is 4.57 Å². The number of carbonyl (C=O) groups is 2. The van der Waals surface area contributed by atoms with E-state index in [9.17, 15) is 9.59 Å². The van der Waals surface area contributed by atoms with Gasteiger partial charge in [-0.3, -0.25) is 15.0 Å². The molecule has 1 aromatic heterocycles. The van der Waals surface area contributed by atoms with Crippen molar-refractivity contribution < 1.29 is 9.59 Å². The van der Waals surface area contributed by atoms with Crippen LogP contribution in [0.3, 0.4) is 0 Å². The van der Waals surface area contributed by atoms with E-state index in [1.54, 1.807) is 18.2 Å². The van der Waals surface area contributed by atoms with Gasteiger partial charge >= 0.3 is 0 Å². The number of rotatable bonds is 4. The van der Waals surface area contributed by atoms with Crippen LogP contribution in [0.4, 0.5) is 5.69 Å². The highest BCUT2D eigenvalue weighted by Gasteiger charge is 2.34. The fourth-order valence-electron chi connectivity index (χ4n) is 3.46. The van der Waals surface area contributed by atoms with Crippen LogP contribution in [-0.4, -0.2) is 16.4 Å². The molecule has 134 valence electrons. The lowest BCUT2D eigenvalue weighted by Crippen LogP contribution is -2.35. The summed E-state index contributed by atoms with van der Waals surface area (Å²) in [5, 5.41) is 2.29. The molecule has 1 aliphatic heterocycles. The molecule has 1 aliphatic rings. The summed E-state index contributed by atoms with van der Waals surface area (Å²) in [5.41, 5.74) is 6.31. The SMILES string of the molecule is C=CCn1c(C)c(/C=C2/C(=O)NN(c3ccccc3)C2=O)c2ccccc21. The molecule has 27 heavy (non-hydrogen) atoms. The third-order valence-corrected chi connectivity index (χ3v) is 4.79. The highest BCUT2D eigenvalue weighted by molar-refractivity contribution is 6.32. The number of aromatic nitrogens is 1. The Kier molecular flexibility index (Phi) is 4.12. The first-order chi connectivity index (χ1) is 13.1. The van der Waals surface area contributed by atoms with Crippen LogP contribution >= 0.6 is 0 Å². The van der Waals surface area contributed by atoms with Crippen molar-refractivity contribution in [2.24, 2.45) is 0 Å². The summed E-state index contributed by atoms with van der Waals surface area (Å²) in [4.78, 5) is 25.3. The number of benzene rings is 2. The third-order valence-electron chi connectivity index (χ3n) is 4.79. The monoisotopic (exact) mass is 357 g/mol. The Labute approximate surface area is 157 Å². The molecule has 5 nitrogen and oxygen atoms in total. The van der Waals surface area contributed by atoms with E-state index >= 15 is 0 Å². The molecule has 3 aromatic rings. The Balaban J connectivity index is 1.82. The van der Waals surface area contributed by atoms with E-state index in [0.717, 1.165) is 22.2 Å². The molecule has 2 heterocycles. The van der Waals surface area contributed by atoms with Crippen molar-refractivity contribution in [1.82, 2.24) is 9.99 Å². The zero-order chi connectivity index (χ0) is 19.0. The van der Waals surface area contributed by atoms with Gasteiger partial charge in [0.05, 0.1) is 5.69 Å². The van der Waals surface area contributed by atoms with Crippen molar-refractivity contribution in [1.29, 1.82) is 0 Å². The number of nitrogens with one attached hydrogen (secondary N) is 1. The first kappa shape index (κ1) is 16.8. The van der Waals surface area contributed by atoms with Crippen LogP contribution in [0.2, 0.25) is 0 Å². The summed E-state index contributed by atoms with van der Waals surface area (Å²) in [6, 6.07) is 17.0. The molecule has 5 heteroatoms. The minimum Gasteiger partial charge on any atom is -0.340 e. The van der Waals surface area contributed by atoms with E-state index in [4.69, 9.17) is 0 Å². The van der Waals surface area contributed by atoms with Gasteiger partial charge in [-0.2, -0.15) is 0 Å². The van der Waals surface area contributed by atoms with Crippen LogP contribution in [0.15, 0.2) is 72.8 Å². The number of allylic oxidation sites excluding steroid dienone is 1. The van der Waals surface area contributed by atoms with E-state index in [2.05, 4.69) is 16.6 Å². The van der Waals surface area contributed by atoms with Crippen molar-refractivity contribution in [3.8, 4) is 0 Å². The second-order valence-corrected chi connectivity index (χ2v) is 6.39. The molecule has 0 bridgehead atoms. The van der Waals surface area contributed by atoms with Gasteiger partial charge in [0.25, 0.3) is 11.8 Å². The lowest BCUT2D eigenvalue weighted by molar-refractivity contribution is -0.117. The molecule has 0 radical (unpaired) electrons. The third kappa shape index (κ3) is 2.73. The number of para-hydroxylation sites is 2. The van der Waals surface area contributed by atoms with Crippen molar-refractivity contribution in [2.75, 3.05) is 5.01 Å². The van der Waals surface area contributed by atoms with Crippen molar-refractivity contribution in [3.05, 3.63) is 84.1 Å². The summed E-state index contributed by atoms with van der Waals surface area (Å²) in [7, 11) is 0. The van der Waals surface area contributed by atoms with Gasteiger partial charge in [-0.25, -0.2) is 5.01 Å². The first-order valence-electron chi connectivity index (χ1n) is 8.72. The zero-order valence-electron chi connectivity index (χ0n) is 15.0. The fourth-order valence-corrected chi connectivity index (χ4v) is 3.46. The number of nitrogens with zero attached hydrogens (tertiary/aromatic N) is 2. The van der Waals surface area contributed by atoms with E-state index in [1.165, 1.54) is 5.01 Å². The Hall–Kier alpha value is -3.60. The maximum absolute atomic E-state index is 12.9. The number of amides is 2. The maximum Gasteiger partial charge on any atom is 0.282 e. The summed E-state index contributed by atoms with van der Waals surface area (Å²) < 4.78 is 2.13. The predicted octanol–water partition coefficient (Wildman–Crippen LogP) is 3.60. The smallest absolute Gasteiger partial charge is 0.282 e. The minimum absolute atomic E-state index is 0.128. The molecule has 1 fully saturated rings. The number of hydrogen-bond acceptors (Lipinski definition) is 2. The molecule has 1 N–H and O–H groups in total. The van der Waals surface area contributed by atoms with E-state index in [0.29, 0.717) is 12.2 Å². The van der Waals surface area contributed by atoms with Crippen LogP contribution < -0.4 is 10.4 Å². The highest BCUT2D eigenvalue weighted by Crippen LogP contribution is 2.29. The van der Waals surface area contributed by atoms with Crippen LogP contribution in [0.1, 0.15) is 11.3 Å². The lowest BCUT2D eigenvalue weighted by Gasteiger charge is -2.13. The highest BCUT2D eigenvalue weighted by atomic mass is 16.2. The van der Waals surface area contributed by atoms with E-state index in [-0.39, 0.29) is 11.5 Å². The summed E-state index contributed by atoms with van der Waals surface area (Å²) >= 11 is 0. The Morgan fingerprint density at radius 2 is 1.74 bits per heavy atom. The Bertz CT molecular complexity index is 1090. The van der Waals surface area contributed by atoms with Crippen LogP contribution in [-0.2, 0) is 16.1 Å². The quantitative estimate of drug-likeness (QED) is 0.441. The molecule has 0 atom stereocenters. The standard InChI is InChI=1S/C22H19N3O2/c1-3-13-24-15(2)18(17-11-7-8-12-20(17)24)14-19-21(26)23-25(22(19)27)16-9-5-4-6-10-16/h3-12,14H,1,13H2,2H3,(H,23,26)/b19-14-. The second-order valence-electron chi connectivity index (χ2n) is 6.39. The maximum atomic E-state index is 12.9. The van der Waals surface area contributed by atoms with Gasteiger partial charge in [0, 0.05) is 28.7 Å². The molecule has 0 spiro atoms. The van der Waals surface area contributed by atoms with Crippen LogP contribution in [0, 0.1) is 6.92 Å². The minimum atomic E-state index is -0.399. The van der Waals surface area contributed by atoms with Crippen LogP contribution in [0.5, 0.6) is 0 Å². The van der Waals surface area contributed by atoms with Gasteiger partial charge in [0.15, 0.2) is 0 Å². The molecule has 0 unspecified atom stereocenters. The van der Waals surface area contributed by atoms with Gasteiger partial charge in [0.2, 0.25) is 0 Å². The number of hydrazine groups is 1. The summed E-state index contributed by atoms with van der Waals surface area (Å²) in [5.74, 6) is -0.755. The molecule has 4 rings (SSSR count). The topological polar surface area (TPSA) is 54.3 Å². The van der Waals surface area contributed by atoms with Crippen molar-refractivity contribution in [2.45, 2.75) is 13.5 Å². The van der Waals surface area contributed by atoms with Gasteiger partial charge in [0.1, 0.15) is 5.57 Å². The first-order valence-corrected chi connectivity index (χ1v) is 8.72. The molecule has 2 aromatic carbocycles. The van der Waals surface area contributed by atoms with E-state index in [1.807, 2.05) is 55.5 Å². The van der Waals surface area contributed by atoms with Gasteiger partial charge in [-0.05, 0) is 31.2 Å². The lowest BCUT2D eigenvalue weighted by atomic mass is 10.1.